The Labute approximate surface area is 140 Å². The number of rotatable bonds is 6. The second kappa shape index (κ2) is 9.25. The van der Waals surface area contributed by atoms with E-state index in [0.29, 0.717) is 40.2 Å². The first kappa shape index (κ1) is 17.3. The second-order valence-corrected chi connectivity index (χ2v) is 5.14. The van der Waals surface area contributed by atoms with Crippen molar-refractivity contribution in [2.75, 3.05) is 0 Å². The Morgan fingerprint density at radius 2 is 1.29 bits per heavy atom. The van der Waals surface area contributed by atoms with Gasteiger partial charge in [-0.1, -0.05) is 24.3 Å². The Bertz CT molecular complexity index is 728. The lowest BCUT2D eigenvalue weighted by molar-refractivity contribution is 0.621. The lowest BCUT2D eigenvalue weighted by atomic mass is 10.4. The molecule has 1 heterocycles. The van der Waals surface area contributed by atoms with E-state index in [-0.39, 0.29) is 0 Å². The Balaban J connectivity index is 3.09. The molecule has 0 saturated heterocycles. The van der Waals surface area contributed by atoms with Gasteiger partial charge in [-0.15, -0.1) is 24.7 Å². The lowest BCUT2D eigenvalue weighted by Gasteiger charge is -2.10. The molecule has 3 nitrogen and oxygen atoms in total. The van der Waals surface area contributed by atoms with Crippen molar-refractivity contribution in [2.24, 2.45) is 0 Å². The average molecular weight is 334 g/mol. The van der Waals surface area contributed by atoms with Crippen LogP contribution in [0, 0.1) is 39.0 Å². The minimum atomic E-state index is 0.499. The first-order valence-electron chi connectivity index (χ1n) is 6.22. The molecule has 0 fully saturated rings. The summed E-state index contributed by atoms with van der Waals surface area (Å²) in [5.41, 5.74) is 0. The molecule has 1 aromatic rings. The fourth-order valence-corrected chi connectivity index (χ4v) is 2.56. The molecule has 1 N–H and O–H groups in total. The number of H-pyrrole nitrogens is 1. The third kappa shape index (κ3) is 5.28. The van der Waals surface area contributed by atoms with Gasteiger partial charge in [0, 0.05) is 25.9 Å². The van der Waals surface area contributed by atoms with Crippen molar-refractivity contribution in [1.82, 2.24) is 14.1 Å². The molecule has 0 aliphatic heterocycles. The van der Waals surface area contributed by atoms with E-state index in [1.54, 1.807) is 9.13 Å². The third-order valence-corrected chi connectivity index (χ3v) is 3.63. The van der Waals surface area contributed by atoms with Gasteiger partial charge < -0.3 is 4.98 Å². The number of terminal acetylenes is 2. The Morgan fingerprint density at radius 1 is 0.857 bits per heavy atom. The van der Waals surface area contributed by atoms with Gasteiger partial charge in [-0.05, 0) is 36.7 Å². The zero-order chi connectivity index (χ0) is 15.7. The summed E-state index contributed by atoms with van der Waals surface area (Å²) < 4.78 is 5.16. The van der Waals surface area contributed by atoms with E-state index in [0.717, 1.165) is 0 Å². The molecule has 0 bridgehead atoms. The molecule has 0 unspecified atom stereocenters. The molecule has 0 amide bonds. The SMILES string of the molecule is C#CC/C=C\Cn1c(=S)[nH]c(=S)n(C/C=C/CC#C)c1=S. The van der Waals surface area contributed by atoms with Crippen LogP contribution in [0.5, 0.6) is 0 Å². The zero-order valence-electron chi connectivity index (χ0n) is 11.4. The molecule has 1 rings (SSSR count). The summed E-state index contributed by atoms with van der Waals surface area (Å²) >= 11 is 16.0. The summed E-state index contributed by atoms with van der Waals surface area (Å²) in [5.74, 6) is 5.08. The van der Waals surface area contributed by atoms with E-state index >= 15 is 0 Å². The summed E-state index contributed by atoms with van der Waals surface area (Å²) in [7, 11) is 0. The van der Waals surface area contributed by atoms with Gasteiger partial charge in [-0.25, -0.2) is 0 Å². The Hall–Kier alpha value is -1.73. The number of allylic oxidation sites excluding steroid dienone is 4. The highest BCUT2D eigenvalue weighted by atomic mass is 32.1. The predicted octanol–water partition coefficient (Wildman–Crippen LogP) is 3.97. The van der Waals surface area contributed by atoms with Crippen molar-refractivity contribution in [1.29, 1.82) is 0 Å². The number of aromatic nitrogens is 3. The van der Waals surface area contributed by atoms with Crippen LogP contribution < -0.4 is 0 Å². The van der Waals surface area contributed by atoms with Gasteiger partial charge in [0.05, 0.1) is 0 Å². The highest BCUT2D eigenvalue weighted by Crippen LogP contribution is 2.01. The van der Waals surface area contributed by atoms with Crippen LogP contribution >= 0.6 is 36.7 Å². The number of hydrogen-bond acceptors (Lipinski definition) is 3. The van der Waals surface area contributed by atoms with Crippen LogP contribution in [0.25, 0.3) is 0 Å². The fourth-order valence-electron chi connectivity index (χ4n) is 1.53. The van der Waals surface area contributed by atoms with Gasteiger partial charge in [0.25, 0.3) is 0 Å². The van der Waals surface area contributed by atoms with Crippen molar-refractivity contribution in [3.8, 4) is 24.7 Å². The smallest absolute Gasteiger partial charge is 0.184 e. The van der Waals surface area contributed by atoms with Gasteiger partial charge >= 0.3 is 0 Å². The molecule has 0 aliphatic rings. The van der Waals surface area contributed by atoms with Crippen LogP contribution in [0.15, 0.2) is 24.3 Å². The third-order valence-electron chi connectivity index (χ3n) is 2.55. The number of nitrogens with one attached hydrogen (secondary N) is 1. The standard InChI is InChI=1S/C15H15N3S3/c1-3-5-7-9-11-17-13(19)16-14(20)18(15(17)21)12-10-8-6-4-2/h1-2,7-10H,5-6,11-12H2,(H,16,19,20)/b9-7-,10-8+. The largest absolute Gasteiger partial charge is 0.309 e. The molecule has 108 valence electrons. The monoisotopic (exact) mass is 333 g/mol. The molecular weight excluding hydrogens is 318 g/mol. The molecule has 0 aromatic carbocycles. The quantitative estimate of drug-likeness (QED) is 0.485. The summed E-state index contributed by atoms with van der Waals surface area (Å²) in [6.07, 6.45) is 19.2. The van der Waals surface area contributed by atoms with Crippen LogP contribution in [-0.2, 0) is 13.1 Å². The van der Waals surface area contributed by atoms with E-state index in [1.807, 2.05) is 24.3 Å². The van der Waals surface area contributed by atoms with Crippen molar-refractivity contribution >= 4 is 36.7 Å². The molecule has 0 aliphatic carbocycles. The van der Waals surface area contributed by atoms with E-state index in [2.05, 4.69) is 16.8 Å². The Morgan fingerprint density at radius 3 is 1.67 bits per heavy atom. The van der Waals surface area contributed by atoms with Crippen molar-refractivity contribution < 1.29 is 0 Å². The maximum atomic E-state index is 5.45. The summed E-state index contributed by atoms with van der Waals surface area (Å²) in [5, 5.41) is 0. The highest BCUT2D eigenvalue weighted by Gasteiger charge is 2.00. The maximum Gasteiger partial charge on any atom is 0.184 e. The minimum Gasteiger partial charge on any atom is -0.309 e. The number of nitrogens with zero attached hydrogens (tertiary/aromatic N) is 2. The number of aromatic amines is 1. The van der Waals surface area contributed by atoms with Crippen molar-refractivity contribution in [2.45, 2.75) is 25.9 Å². The molecule has 0 atom stereocenters. The highest BCUT2D eigenvalue weighted by molar-refractivity contribution is 7.72. The minimum absolute atomic E-state index is 0.499. The van der Waals surface area contributed by atoms with Crippen LogP contribution in [0.4, 0.5) is 0 Å². The molecule has 0 spiro atoms. The van der Waals surface area contributed by atoms with Crippen molar-refractivity contribution in [3.63, 3.8) is 0 Å². The summed E-state index contributed by atoms with van der Waals surface area (Å²) in [6.45, 7) is 1.11. The number of hydrogen-bond donors (Lipinski definition) is 1. The van der Waals surface area contributed by atoms with Gasteiger partial charge in [-0.3, -0.25) is 9.13 Å². The summed E-state index contributed by atoms with van der Waals surface area (Å²) in [6, 6.07) is 0. The van der Waals surface area contributed by atoms with Gasteiger partial charge in [0.15, 0.2) is 14.3 Å². The molecule has 1 aromatic heterocycles. The summed E-state index contributed by atoms with van der Waals surface area (Å²) in [4.78, 5) is 2.97. The van der Waals surface area contributed by atoms with E-state index in [1.165, 1.54) is 0 Å². The van der Waals surface area contributed by atoms with Crippen LogP contribution in [0.3, 0.4) is 0 Å². The first-order valence-corrected chi connectivity index (χ1v) is 7.45. The van der Waals surface area contributed by atoms with Gasteiger partial charge in [0.1, 0.15) is 0 Å². The van der Waals surface area contributed by atoms with Gasteiger partial charge in [-0.2, -0.15) is 0 Å². The van der Waals surface area contributed by atoms with E-state index in [4.69, 9.17) is 49.5 Å². The molecule has 0 radical (unpaired) electrons. The maximum absolute atomic E-state index is 5.45. The van der Waals surface area contributed by atoms with Crippen LogP contribution in [0.2, 0.25) is 0 Å². The van der Waals surface area contributed by atoms with Crippen LogP contribution in [0.1, 0.15) is 12.8 Å². The molecule has 21 heavy (non-hydrogen) atoms. The first-order chi connectivity index (χ1) is 10.1. The lowest BCUT2D eigenvalue weighted by Crippen LogP contribution is -2.13. The second-order valence-electron chi connectivity index (χ2n) is 4.00. The fraction of sp³-hybridized carbons (Fsp3) is 0.267. The van der Waals surface area contributed by atoms with E-state index < -0.39 is 0 Å². The zero-order valence-corrected chi connectivity index (χ0v) is 13.9. The molecule has 6 heteroatoms. The molecule has 0 saturated carbocycles. The van der Waals surface area contributed by atoms with E-state index in [9.17, 15) is 0 Å². The van der Waals surface area contributed by atoms with Crippen LogP contribution in [-0.4, -0.2) is 14.1 Å². The van der Waals surface area contributed by atoms with Gasteiger partial charge in [0.2, 0.25) is 0 Å². The van der Waals surface area contributed by atoms with Crippen molar-refractivity contribution in [3.05, 3.63) is 38.6 Å². The average Bonchev–Trinajstić information content (AvgIpc) is 2.45. The predicted molar refractivity (Wildman–Crippen MR) is 94.5 cm³/mol. The normalized spacial score (nSPS) is 10.8. The topological polar surface area (TPSA) is 25.6 Å². The molecular formula is C15H15N3S3. The Kier molecular flexibility index (Phi) is 7.63.